The molecule has 0 N–H and O–H groups in total. The summed E-state index contributed by atoms with van der Waals surface area (Å²) in [5.74, 6) is 1.08. The Bertz CT molecular complexity index is 1280. The maximum atomic E-state index is 12.9. The first-order chi connectivity index (χ1) is 16.8. The van der Waals surface area contributed by atoms with Gasteiger partial charge in [-0.15, -0.1) is 0 Å². The number of aryl methyl sites for hydroxylation is 2. The third-order valence-corrected chi connectivity index (χ3v) is 5.93. The van der Waals surface area contributed by atoms with E-state index in [0.29, 0.717) is 35.1 Å². The van der Waals surface area contributed by atoms with E-state index >= 15 is 0 Å². The average Bonchev–Trinajstić information content (AvgIpc) is 3.33. The molecule has 1 aromatic heterocycles. The fourth-order valence-corrected chi connectivity index (χ4v) is 3.70. The van der Waals surface area contributed by atoms with Crippen LogP contribution in [-0.4, -0.2) is 49.3 Å². The summed E-state index contributed by atoms with van der Waals surface area (Å²) >= 11 is 0. The van der Waals surface area contributed by atoms with E-state index in [9.17, 15) is 14.4 Å². The van der Waals surface area contributed by atoms with Crippen LogP contribution in [0.2, 0.25) is 0 Å². The minimum atomic E-state index is -0.274. The molecule has 0 saturated heterocycles. The number of ketones is 1. The fourth-order valence-electron chi connectivity index (χ4n) is 3.70. The van der Waals surface area contributed by atoms with Crippen molar-refractivity contribution in [2.75, 3.05) is 31.7 Å². The van der Waals surface area contributed by atoms with Gasteiger partial charge in [-0.05, 0) is 68.3 Å². The van der Waals surface area contributed by atoms with E-state index in [1.54, 1.807) is 37.4 Å². The monoisotopic (exact) mass is 476 g/mol. The van der Waals surface area contributed by atoms with Crippen LogP contribution < -0.4 is 14.4 Å². The fraction of sp³-hybridized carbons (Fsp3) is 0.296. The van der Waals surface area contributed by atoms with Crippen molar-refractivity contribution in [2.45, 2.75) is 27.3 Å². The Hall–Kier alpha value is -4.07. The molecule has 0 radical (unpaired) electrons. The number of carbonyl (C=O) groups excluding carboxylic acids is 3. The molecule has 1 aliphatic heterocycles. The molecule has 2 amide bonds. The van der Waals surface area contributed by atoms with Crippen molar-refractivity contribution in [2.24, 2.45) is 0 Å². The highest BCUT2D eigenvalue weighted by molar-refractivity contribution is 6.02. The summed E-state index contributed by atoms with van der Waals surface area (Å²) in [4.78, 5) is 41.0. The van der Waals surface area contributed by atoms with Crippen molar-refractivity contribution in [1.29, 1.82) is 0 Å². The number of anilines is 1. The summed E-state index contributed by atoms with van der Waals surface area (Å²) in [6.45, 7) is 6.16. The van der Waals surface area contributed by atoms with Gasteiger partial charge in [0.1, 0.15) is 17.3 Å². The molecule has 1 aliphatic rings. The Kier molecular flexibility index (Phi) is 6.91. The second-order valence-electron chi connectivity index (χ2n) is 8.52. The summed E-state index contributed by atoms with van der Waals surface area (Å²) < 4.78 is 17.0. The van der Waals surface area contributed by atoms with Crippen LogP contribution in [0.5, 0.6) is 11.5 Å². The minimum Gasteiger partial charge on any atom is -0.485 e. The van der Waals surface area contributed by atoms with Gasteiger partial charge < -0.3 is 18.8 Å². The Morgan fingerprint density at radius 2 is 1.89 bits per heavy atom. The summed E-state index contributed by atoms with van der Waals surface area (Å²) in [5, 5.41) is 0. The van der Waals surface area contributed by atoms with Crippen LogP contribution in [0.1, 0.15) is 44.7 Å². The first-order valence-corrected chi connectivity index (χ1v) is 11.4. The van der Waals surface area contributed by atoms with E-state index in [2.05, 4.69) is 0 Å². The number of carbonyl (C=O) groups is 3. The Balaban J connectivity index is 1.52. The Morgan fingerprint density at radius 1 is 1.09 bits per heavy atom. The van der Waals surface area contributed by atoms with E-state index < -0.39 is 0 Å². The second kappa shape index (κ2) is 10.0. The third kappa shape index (κ3) is 5.21. The van der Waals surface area contributed by atoms with Gasteiger partial charge in [0.25, 0.3) is 11.8 Å². The number of hydrogen-bond acceptors (Lipinski definition) is 6. The minimum absolute atomic E-state index is 0.106. The largest absolute Gasteiger partial charge is 0.485 e. The van der Waals surface area contributed by atoms with Crippen molar-refractivity contribution >= 4 is 23.3 Å². The average molecular weight is 477 g/mol. The summed E-state index contributed by atoms with van der Waals surface area (Å²) in [6.07, 6.45) is 0. The van der Waals surface area contributed by atoms with Gasteiger partial charge in [0, 0.05) is 19.2 Å². The molecule has 0 bridgehead atoms. The lowest BCUT2D eigenvalue weighted by Gasteiger charge is -2.29. The van der Waals surface area contributed by atoms with Crippen molar-refractivity contribution in [3.63, 3.8) is 0 Å². The Labute approximate surface area is 204 Å². The first-order valence-electron chi connectivity index (χ1n) is 11.4. The van der Waals surface area contributed by atoms with Crippen molar-refractivity contribution in [3.8, 4) is 11.5 Å². The lowest BCUT2D eigenvalue weighted by Crippen LogP contribution is -2.38. The normalized spacial score (nSPS) is 12.7. The van der Waals surface area contributed by atoms with Gasteiger partial charge in [0.15, 0.2) is 24.8 Å². The summed E-state index contributed by atoms with van der Waals surface area (Å²) in [7, 11) is 1.69. The quantitative estimate of drug-likeness (QED) is 0.453. The molecule has 0 aliphatic carbocycles. The van der Waals surface area contributed by atoms with E-state index in [-0.39, 0.29) is 43.1 Å². The smallest absolute Gasteiger partial charge is 0.289 e. The molecule has 2 heterocycles. The predicted molar refractivity (Wildman–Crippen MR) is 130 cm³/mol. The van der Waals surface area contributed by atoms with E-state index in [0.717, 1.165) is 11.1 Å². The van der Waals surface area contributed by atoms with Gasteiger partial charge in [0.05, 0.1) is 12.2 Å². The van der Waals surface area contributed by atoms with Gasteiger partial charge in [-0.2, -0.15) is 0 Å². The molecule has 0 unspecified atom stereocenters. The van der Waals surface area contributed by atoms with Crippen LogP contribution in [-0.2, 0) is 11.3 Å². The van der Waals surface area contributed by atoms with Gasteiger partial charge >= 0.3 is 0 Å². The molecule has 0 atom stereocenters. The number of Topliss-reactive ketones (excluding diaryl/α,β-unsaturated/α-hetero) is 1. The lowest BCUT2D eigenvalue weighted by atomic mass is 10.1. The van der Waals surface area contributed by atoms with Crippen molar-refractivity contribution in [3.05, 3.63) is 76.7 Å². The van der Waals surface area contributed by atoms with Crippen LogP contribution in [0.4, 0.5) is 5.69 Å². The zero-order valence-electron chi connectivity index (χ0n) is 20.3. The summed E-state index contributed by atoms with van der Waals surface area (Å²) in [5.41, 5.74) is 2.86. The molecule has 2 aromatic carbocycles. The number of hydrogen-bond donors (Lipinski definition) is 0. The zero-order chi connectivity index (χ0) is 25.1. The summed E-state index contributed by atoms with van der Waals surface area (Å²) in [6, 6.07) is 14.1. The van der Waals surface area contributed by atoms with Gasteiger partial charge in [-0.1, -0.05) is 12.1 Å². The van der Waals surface area contributed by atoms with Crippen LogP contribution >= 0.6 is 0 Å². The van der Waals surface area contributed by atoms with Gasteiger partial charge in [-0.25, -0.2) is 0 Å². The van der Waals surface area contributed by atoms with Crippen LogP contribution in [0, 0.1) is 13.8 Å². The van der Waals surface area contributed by atoms with Crippen LogP contribution in [0.25, 0.3) is 0 Å². The molecule has 8 nitrogen and oxygen atoms in total. The maximum absolute atomic E-state index is 12.9. The molecule has 182 valence electrons. The van der Waals surface area contributed by atoms with E-state index in [4.69, 9.17) is 13.9 Å². The van der Waals surface area contributed by atoms with Crippen molar-refractivity contribution < 1.29 is 28.3 Å². The SMILES string of the molecule is CCN(C)C(=O)c1ccc(CN2C(=O)COc3ccc(C(=O)COc4cc(C)ccc4C)cc32)o1. The molecule has 0 saturated carbocycles. The van der Waals surface area contributed by atoms with Gasteiger partial charge in [-0.3, -0.25) is 19.3 Å². The topological polar surface area (TPSA) is 89.3 Å². The highest BCUT2D eigenvalue weighted by atomic mass is 16.5. The second-order valence-corrected chi connectivity index (χ2v) is 8.52. The van der Waals surface area contributed by atoms with E-state index in [1.807, 2.05) is 39.0 Å². The number of benzene rings is 2. The zero-order valence-corrected chi connectivity index (χ0v) is 20.3. The number of nitrogens with zero attached hydrogens (tertiary/aromatic N) is 2. The van der Waals surface area contributed by atoms with E-state index in [1.165, 1.54) is 9.80 Å². The van der Waals surface area contributed by atoms with Crippen LogP contribution in [0.15, 0.2) is 52.9 Å². The predicted octanol–water partition coefficient (Wildman–Crippen LogP) is 4.18. The maximum Gasteiger partial charge on any atom is 0.289 e. The highest BCUT2D eigenvalue weighted by Gasteiger charge is 2.28. The third-order valence-electron chi connectivity index (χ3n) is 5.93. The number of rotatable bonds is 8. The molecule has 0 fully saturated rings. The molecular formula is C27H28N2O6. The first kappa shape index (κ1) is 24.1. The molecule has 8 heteroatoms. The van der Waals surface area contributed by atoms with Gasteiger partial charge in [0.2, 0.25) is 0 Å². The molecule has 3 aromatic rings. The number of furan rings is 1. The number of fused-ring (bicyclic) bond motifs is 1. The number of amides is 2. The molecule has 4 rings (SSSR count). The molecule has 0 spiro atoms. The lowest BCUT2D eigenvalue weighted by molar-refractivity contribution is -0.121. The standard InChI is InChI=1S/C27H28N2O6/c1-5-28(4)27(32)24-11-9-20(35-24)14-29-21-13-19(8-10-23(21)34-16-26(29)31)22(30)15-33-25-12-17(2)6-7-18(25)3/h6-13H,5,14-16H2,1-4H3. The van der Waals surface area contributed by atoms with Crippen molar-refractivity contribution in [1.82, 2.24) is 4.90 Å². The molecular weight excluding hydrogens is 448 g/mol. The number of ether oxygens (including phenoxy) is 2. The molecule has 35 heavy (non-hydrogen) atoms. The Morgan fingerprint density at radius 3 is 2.66 bits per heavy atom. The highest BCUT2D eigenvalue weighted by Crippen LogP contribution is 2.34. The van der Waals surface area contributed by atoms with Crippen LogP contribution in [0.3, 0.4) is 0 Å².